The van der Waals surface area contributed by atoms with Crippen molar-refractivity contribution in [1.29, 1.82) is 0 Å². The first kappa shape index (κ1) is 19.2. The van der Waals surface area contributed by atoms with E-state index in [1.54, 1.807) is 22.9 Å². The summed E-state index contributed by atoms with van der Waals surface area (Å²) in [6.45, 7) is 4.00. The molecule has 0 spiro atoms. The minimum Gasteiger partial charge on any atom is -0.410 e. The maximum absolute atomic E-state index is 12.4. The molecule has 0 radical (unpaired) electrons. The third-order valence-electron chi connectivity index (χ3n) is 4.41. The van der Waals surface area contributed by atoms with Crippen LogP contribution in [0.4, 0.5) is 10.5 Å². The molecule has 2 aromatic heterocycles. The summed E-state index contributed by atoms with van der Waals surface area (Å²) in [5, 5.41) is 21.9. The number of aromatic nitrogens is 6. The Morgan fingerprint density at radius 1 is 1.07 bits per heavy atom. The lowest BCUT2D eigenvalue weighted by molar-refractivity contribution is 0.215. The highest BCUT2D eigenvalue weighted by atomic mass is 16.6. The molecule has 0 saturated carbocycles. The van der Waals surface area contributed by atoms with Gasteiger partial charge in [0.05, 0.1) is 23.8 Å². The van der Waals surface area contributed by atoms with Gasteiger partial charge in [-0.25, -0.2) is 4.79 Å². The quantitative estimate of drug-likeness (QED) is 0.544. The molecule has 1 N–H and O–H groups in total. The van der Waals surface area contributed by atoms with E-state index < -0.39 is 6.09 Å². The normalized spacial score (nSPS) is 10.6. The zero-order valence-corrected chi connectivity index (χ0v) is 16.5. The summed E-state index contributed by atoms with van der Waals surface area (Å²) in [5.74, 6) is 1.06. The minimum absolute atomic E-state index is 0.361. The summed E-state index contributed by atoms with van der Waals surface area (Å²) in [7, 11) is 0. The number of aryl methyl sites for hydroxylation is 2. The number of hydrogen-bond acceptors (Lipinski definition) is 7. The van der Waals surface area contributed by atoms with Gasteiger partial charge in [-0.3, -0.25) is 5.32 Å². The molecule has 0 aliphatic heterocycles. The average molecular weight is 401 g/mol. The van der Waals surface area contributed by atoms with Gasteiger partial charge in [0.2, 0.25) is 0 Å². The molecule has 0 saturated heterocycles. The van der Waals surface area contributed by atoms with Crippen LogP contribution in [-0.4, -0.2) is 36.5 Å². The van der Waals surface area contributed by atoms with E-state index in [1.165, 1.54) is 12.4 Å². The zero-order valence-electron chi connectivity index (χ0n) is 16.5. The van der Waals surface area contributed by atoms with Crippen molar-refractivity contribution in [2.24, 2.45) is 0 Å². The molecule has 0 aliphatic rings. The number of nitrogens with zero attached hydrogens (tertiary/aromatic N) is 6. The van der Waals surface area contributed by atoms with Crippen LogP contribution in [0.5, 0.6) is 5.75 Å². The van der Waals surface area contributed by atoms with Crippen LogP contribution in [0.2, 0.25) is 0 Å². The monoisotopic (exact) mass is 401 g/mol. The molecule has 2 heterocycles. The molecular weight excluding hydrogens is 382 g/mol. The van der Waals surface area contributed by atoms with Crippen LogP contribution in [0.25, 0.3) is 16.8 Å². The molecule has 1 amide bonds. The zero-order chi connectivity index (χ0) is 20.9. The fraction of sp³-hybridized carbons (Fsp3) is 0.143. The number of rotatable bonds is 5. The number of carbonyl (C=O) groups is 1. The predicted octanol–water partition coefficient (Wildman–Crippen LogP) is 3.60. The molecule has 0 fully saturated rings. The van der Waals surface area contributed by atoms with E-state index in [-0.39, 0.29) is 0 Å². The van der Waals surface area contributed by atoms with Crippen molar-refractivity contribution in [2.75, 3.05) is 5.32 Å². The van der Waals surface area contributed by atoms with Gasteiger partial charge in [-0.15, -0.1) is 5.10 Å². The second kappa shape index (κ2) is 8.48. The van der Waals surface area contributed by atoms with E-state index in [1.807, 2.05) is 44.2 Å². The maximum atomic E-state index is 12.4. The summed E-state index contributed by atoms with van der Waals surface area (Å²) in [5.41, 5.74) is 4.20. The first-order valence-corrected chi connectivity index (χ1v) is 9.37. The fourth-order valence-corrected chi connectivity index (χ4v) is 2.92. The van der Waals surface area contributed by atoms with Gasteiger partial charge in [0.25, 0.3) is 0 Å². The van der Waals surface area contributed by atoms with Gasteiger partial charge >= 0.3 is 6.09 Å². The maximum Gasteiger partial charge on any atom is 0.417 e. The fourth-order valence-electron chi connectivity index (χ4n) is 2.92. The van der Waals surface area contributed by atoms with Gasteiger partial charge in [-0.05, 0) is 46.7 Å². The van der Waals surface area contributed by atoms with Gasteiger partial charge in [-0.2, -0.15) is 14.9 Å². The van der Waals surface area contributed by atoms with Crippen LogP contribution in [0.15, 0.2) is 60.9 Å². The van der Waals surface area contributed by atoms with Gasteiger partial charge in [0.1, 0.15) is 5.75 Å². The highest BCUT2D eigenvalue weighted by Crippen LogP contribution is 2.28. The Morgan fingerprint density at radius 2 is 1.90 bits per heavy atom. The third-order valence-corrected chi connectivity index (χ3v) is 4.41. The first-order valence-electron chi connectivity index (χ1n) is 9.37. The first-order chi connectivity index (χ1) is 14.6. The summed E-state index contributed by atoms with van der Waals surface area (Å²) in [6.07, 6.45) is 2.94. The Bertz CT molecular complexity index is 1160. The lowest BCUT2D eigenvalue weighted by atomic mass is 10.0. The lowest BCUT2D eigenvalue weighted by Gasteiger charge is -2.12. The van der Waals surface area contributed by atoms with E-state index in [4.69, 9.17) is 4.74 Å². The van der Waals surface area contributed by atoms with E-state index >= 15 is 0 Å². The number of hydrogen-bond donors (Lipinski definition) is 1. The number of carbonyl (C=O) groups excluding carboxylic acids is 1. The standard InChI is InChI=1S/C21H19N7O2/c1-3-20-25-26-27-28(20)18-10-16(15-6-4-14(2)5-7-15)11-19(12-18)30-21(29)24-17-8-9-22-23-13-17/h4-13H,3H2,1-2H3,(H,22,24,29). The number of ether oxygens (including phenoxy) is 1. The molecule has 0 atom stereocenters. The van der Waals surface area contributed by atoms with Crippen LogP contribution in [0.1, 0.15) is 18.3 Å². The molecule has 9 heteroatoms. The smallest absolute Gasteiger partial charge is 0.410 e. The van der Waals surface area contributed by atoms with Crippen LogP contribution in [-0.2, 0) is 6.42 Å². The molecular formula is C21H19N7O2. The molecule has 4 rings (SSSR count). The molecule has 30 heavy (non-hydrogen) atoms. The number of amides is 1. The van der Waals surface area contributed by atoms with Crippen LogP contribution in [0.3, 0.4) is 0 Å². The number of nitrogens with one attached hydrogen (secondary N) is 1. The van der Waals surface area contributed by atoms with E-state index in [0.29, 0.717) is 29.4 Å². The molecule has 0 aliphatic carbocycles. The Labute approximate surface area is 172 Å². The topological polar surface area (TPSA) is 108 Å². The van der Waals surface area contributed by atoms with Crippen LogP contribution in [0, 0.1) is 6.92 Å². The summed E-state index contributed by atoms with van der Waals surface area (Å²) in [6, 6.07) is 15.2. The Balaban J connectivity index is 1.70. The van der Waals surface area contributed by atoms with Crippen molar-refractivity contribution in [2.45, 2.75) is 20.3 Å². The van der Waals surface area contributed by atoms with Crippen molar-refractivity contribution >= 4 is 11.8 Å². The van der Waals surface area contributed by atoms with Crippen molar-refractivity contribution < 1.29 is 9.53 Å². The number of benzene rings is 2. The van der Waals surface area contributed by atoms with Crippen molar-refractivity contribution in [3.8, 4) is 22.6 Å². The summed E-state index contributed by atoms with van der Waals surface area (Å²) in [4.78, 5) is 12.4. The Hall–Kier alpha value is -4.14. The van der Waals surface area contributed by atoms with E-state index in [9.17, 15) is 4.79 Å². The highest BCUT2D eigenvalue weighted by Gasteiger charge is 2.13. The van der Waals surface area contributed by atoms with Crippen molar-refractivity contribution in [1.82, 2.24) is 30.4 Å². The minimum atomic E-state index is -0.637. The summed E-state index contributed by atoms with van der Waals surface area (Å²) >= 11 is 0. The molecule has 0 unspecified atom stereocenters. The second-order valence-corrected chi connectivity index (χ2v) is 6.59. The van der Waals surface area contributed by atoms with Crippen molar-refractivity contribution in [3.05, 3.63) is 72.3 Å². The van der Waals surface area contributed by atoms with Crippen molar-refractivity contribution in [3.63, 3.8) is 0 Å². The Kier molecular flexibility index (Phi) is 5.42. The van der Waals surface area contributed by atoms with Gasteiger partial charge in [-0.1, -0.05) is 36.8 Å². The largest absolute Gasteiger partial charge is 0.417 e. The predicted molar refractivity (Wildman–Crippen MR) is 110 cm³/mol. The van der Waals surface area contributed by atoms with Gasteiger partial charge in [0, 0.05) is 12.5 Å². The van der Waals surface area contributed by atoms with Gasteiger partial charge < -0.3 is 4.74 Å². The van der Waals surface area contributed by atoms with E-state index in [2.05, 4.69) is 31.0 Å². The molecule has 150 valence electrons. The van der Waals surface area contributed by atoms with Crippen LogP contribution >= 0.6 is 0 Å². The van der Waals surface area contributed by atoms with Gasteiger partial charge in [0.15, 0.2) is 5.82 Å². The lowest BCUT2D eigenvalue weighted by Crippen LogP contribution is -2.17. The van der Waals surface area contributed by atoms with E-state index in [0.717, 1.165) is 16.7 Å². The SMILES string of the molecule is CCc1nnnn1-c1cc(OC(=O)Nc2ccnnc2)cc(-c2ccc(C)cc2)c1. The number of anilines is 1. The second-order valence-electron chi connectivity index (χ2n) is 6.59. The molecule has 2 aromatic carbocycles. The van der Waals surface area contributed by atoms with Crippen LogP contribution < -0.4 is 10.1 Å². The highest BCUT2D eigenvalue weighted by molar-refractivity contribution is 5.86. The molecule has 9 nitrogen and oxygen atoms in total. The molecule has 4 aromatic rings. The number of tetrazole rings is 1. The molecule has 0 bridgehead atoms. The third kappa shape index (κ3) is 4.30. The average Bonchev–Trinajstić information content (AvgIpc) is 3.23. The Morgan fingerprint density at radius 3 is 2.63 bits per heavy atom. The summed E-state index contributed by atoms with van der Waals surface area (Å²) < 4.78 is 7.17.